The molecule has 4 aromatic rings. The van der Waals surface area contributed by atoms with Crippen LogP contribution in [-0.4, -0.2) is 38.3 Å². The maximum absolute atomic E-state index is 15.3. The molecule has 1 fully saturated rings. The number of ether oxygens (including phenoxy) is 1. The van der Waals surface area contributed by atoms with Crippen LogP contribution in [0.3, 0.4) is 0 Å². The molecule has 3 aromatic heterocycles. The fraction of sp³-hybridized carbons (Fsp3) is 0.318. The highest BCUT2D eigenvalue weighted by Crippen LogP contribution is 2.40. The predicted octanol–water partition coefficient (Wildman–Crippen LogP) is 4.27. The number of aromatic nitrogens is 4. The summed E-state index contributed by atoms with van der Waals surface area (Å²) in [5.74, 6) is -0.828. The van der Waals surface area contributed by atoms with Crippen molar-refractivity contribution in [3.63, 3.8) is 0 Å². The average Bonchev–Trinajstić information content (AvgIpc) is 3.13. The number of amides is 1. The van der Waals surface area contributed by atoms with E-state index in [1.165, 1.54) is 0 Å². The quantitative estimate of drug-likeness (QED) is 0.483. The van der Waals surface area contributed by atoms with E-state index in [9.17, 15) is 9.18 Å². The van der Waals surface area contributed by atoms with Gasteiger partial charge in [-0.2, -0.15) is 5.10 Å². The minimum atomic E-state index is -1.07. The number of nitrogens with zero attached hydrogens (tertiary/aromatic N) is 3. The van der Waals surface area contributed by atoms with E-state index in [0.717, 1.165) is 16.5 Å². The van der Waals surface area contributed by atoms with Crippen LogP contribution in [0, 0.1) is 11.7 Å². The van der Waals surface area contributed by atoms with Crippen LogP contribution in [0.15, 0.2) is 30.7 Å². The first kappa shape index (κ1) is 19.5. The molecular formula is C22H21F2N5O2. The lowest BCUT2D eigenvalue weighted by Crippen LogP contribution is -2.15. The monoisotopic (exact) mass is 425 g/mol. The summed E-state index contributed by atoms with van der Waals surface area (Å²) in [6.07, 6.45) is 4.81. The van der Waals surface area contributed by atoms with Crippen LogP contribution in [0.2, 0.25) is 0 Å². The van der Waals surface area contributed by atoms with E-state index in [1.807, 2.05) is 26.1 Å². The molecule has 1 saturated carbocycles. The zero-order chi connectivity index (χ0) is 21.7. The number of aromatic amines is 1. The lowest BCUT2D eigenvalue weighted by Gasteiger charge is -2.15. The summed E-state index contributed by atoms with van der Waals surface area (Å²) < 4.78 is 35.8. The third-order valence-corrected chi connectivity index (χ3v) is 5.58. The summed E-state index contributed by atoms with van der Waals surface area (Å²) in [5, 5.41) is 10.4. The molecule has 3 heterocycles. The first-order valence-corrected chi connectivity index (χ1v) is 10.3. The Labute approximate surface area is 176 Å². The SMILES string of the molecule is CCOc1c(F)c(CC)c(-c2ccc3nc(NC(=O)C4CC4F)cn3c2)c2cn[nH]c12. The molecule has 0 saturated heterocycles. The Morgan fingerprint density at radius 3 is 2.87 bits per heavy atom. The van der Waals surface area contributed by atoms with E-state index < -0.39 is 17.9 Å². The van der Waals surface area contributed by atoms with Crippen molar-refractivity contribution in [2.45, 2.75) is 32.9 Å². The summed E-state index contributed by atoms with van der Waals surface area (Å²) >= 11 is 0. The Balaban J connectivity index is 1.60. The number of imidazole rings is 1. The number of carbonyl (C=O) groups is 1. The van der Waals surface area contributed by atoms with Gasteiger partial charge in [-0.1, -0.05) is 6.92 Å². The van der Waals surface area contributed by atoms with Gasteiger partial charge in [-0.25, -0.2) is 13.8 Å². The largest absolute Gasteiger partial charge is 0.489 e. The fourth-order valence-corrected chi connectivity index (χ4v) is 3.96. The van der Waals surface area contributed by atoms with Crippen molar-refractivity contribution in [2.75, 3.05) is 11.9 Å². The fourth-order valence-electron chi connectivity index (χ4n) is 3.96. The van der Waals surface area contributed by atoms with E-state index in [2.05, 4.69) is 20.5 Å². The number of pyridine rings is 1. The van der Waals surface area contributed by atoms with Gasteiger partial charge in [0.05, 0.1) is 24.9 Å². The molecule has 0 aliphatic heterocycles. The molecule has 1 aromatic carbocycles. The van der Waals surface area contributed by atoms with Crippen LogP contribution in [0.25, 0.3) is 27.7 Å². The molecule has 1 aliphatic carbocycles. The minimum Gasteiger partial charge on any atom is -0.489 e. The topological polar surface area (TPSA) is 84.3 Å². The molecule has 2 atom stereocenters. The van der Waals surface area contributed by atoms with Crippen LogP contribution < -0.4 is 10.1 Å². The van der Waals surface area contributed by atoms with Gasteiger partial charge in [0.25, 0.3) is 0 Å². The smallest absolute Gasteiger partial charge is 0.231 e. The summed E-state index contributed by atoms with van der Waals surface area (Å²) in [6, 6.07) is 3.65. The van der Waals surface area contributed by atoms with Gasteiger partial charge >= 0.3 is 0 Å². The van der Waals surface area contributed by atoms with Gasteiger partial charge in [0, 0.05) is 22.7 Å². The van der Waals surface area contributed by atoms with E-state index in [0.29, 0.717) is 35.6 Å². The number of benzene rings is 1. The molecule has 0 bridgehead atoms. The van der Waals surface area contributed by atoms with Gasteiger partial charge in [0.2, 0.25) is 5.91 Å². The molecule has 1 aliphatic rings. The van der Waals surface area contributed by atoms with Gasteiger partial charge in [0.1, 0.15) is 17.3 Å². The van der Waals surface area contributed by atoms with Crippen molar-refractivity contribution >= 4 is 28.3 Å². The summed E-state index contributed by atoms with van der Waals surface area (Å²) in [4.78, 5) is 16.4. The maximum Gasteiger partial charge on any atom is 0.231 e. The highest BCUT2D eigenvalue weighted by Gasteiger charge is 2.43. The summed E-state index contributed by atoms with van der Waals surface area (Å²) in [5.41, 5.74) is 3.16. The van der Waals surface area contributed by atoms with Gasteiger partial charge in [-0.05, 0) is 37.5 Å². The van der Waals surface area contributed by atoms with Crippen molar-refractivity contribution in [1.29, 1.82) is 0 Å². The van der Waals surface area contributed by atoms with Crippen LogP contribution in [-0.2, 0) is 11.2 Å². The average molecular weight is 425 g/mol. The first-order chi connectivity index (χ1) is 15.0. The zero-order valence-corrected chi connectivity index (χ0v) is 17.1. The van der Waals surface area contributed by atoms with Crippen molar-refractivity contribution < 1.29 is 18.3 Å². The van der Waals surface area contributed by atoms with E-state index >= 15 is 4.39 Å². The lowest BCUT2D eigenvalue weighted by atomic mass is 9.94. The standard InChI is InChI=1S/C22H21F2N5O2/c1-3-12-18(14-8-25-28-20(14)21(19(12)24)31-4-2)11-5-6-17-26-16(10-29(17)9-11)27-22(30)13-7-15(13)23/h5-6,8-10,13,15H,3-4,7H2,1-2H3,(H,25,28)(H,27,30). The number of H-pyrrole nitrogens is 1. The van der Waals surface area contributed by atoms with Gasteiger partial charge in [-0.3, -0.25) is 9.89 Å². The maximum atomic E-state index is 15.3. The molecule has 160 valence electrons. The second kappa shape index (κ2) is 7.33. The normalized spacial score (nSPS) is 17.9. The Morgan fingerprint density at radius 2 is 2.16 bits per heavy atom. The Kier molecular flexibility index (Phi) is 4.60. The molecule has 31 heavy (non-hydrogen) atoms. The minimum absolute atomic E-state index is 0.176. The number of hydrogen-bond acceptors (Lipinski definition) is 4. The molecular weight excluding hydrogens is 404 g/mol. The van der Waals surface area contributed by atoms with E-state index in [4.69, 9.17) is 4.74 Å². The van der Waals surface area contributed by atoms with Gasteiger partial charge < -0.3 is 14.5 Å². The number of rotatable bonds is 6. The highest BCUT2D eigenvalue weighted by atomic mass is 19.1. The van der Waals surface area contributed by atoms with E-state index in [-0.39, 0.29) is 18.1 Å². The zero-order valence-electron chi connectivity index (χ0n) is 17.1. The lowest BCUT2D eigenvalue weighted by molar-refractivity contribution is -0.117. The number of carbonyl (C=O) groups excluding carboxylic acids is 1. The summed E-state index contributed by atoms with van der Waals surface area (Å²) in [6.45, 7) is 4.04. The Hall–Kier alpha value is -3.49. The number of nitrogens with one attached hydrogen (secondary N) is 2. The van der Waals surface area contributed by atoms with Crippen molar-refractivity contribution in [3.8, 4) is 16.9 Å². The van der Waals surface area contributed by atoms with Crippen LogP contribution in [0.5, 0.6) is 5.75 Å². The molecule has 7 nitrogen and oxygen atoms in total. The van der Waals surface area contributed by atoms with Crippen molar-refractivity contribution in [3.05, 3.63) is 42.1 Å². The molecule has 0 radical (unpaired) electrons. The number of fused-ring (bicyclic) bond motifs is 2. The van der Waals surface area contributed by atoms with Crippen molar-refractivity contribution in [1.82, 2.24) is 19.6 Å². The molecule has 2 unspecified atom stereocenters. The first-order valence-electron chi connectivity index (χ1n) is 10.3. The molecule has 2 N–H and O–H groups in total. The molecule has 0 spiro atoms. The Morgan fingerprint density at radius 1 is 1.35 bits per heavy atom. The third kappa shape index (κ3) is 3.20. The van der Waals surface area contributed by atoms with Crippen LogP contribution >= 0.6 is 0 Å². The Bertz CT molecular complexity index is 1310. The predicted molar refractivity (Wildman–Crippen MR) is 112 cm³/mol. The summed E-state index contributed by atoms with van der Waals surface area (Å²) in [7, 11) is 0. The van der Waals surface area contributed by atoms with Crippen molar-refractivity contribution in [2.24, 2.45) is 5.92 Å². The number of anilines is 1. The highest BCUT2D eigenvalue weighted by molar-refractivity contribution is 6.00. The third-order valence-electron chi connectivity index (χ3n) is 5.58. The molecule has 1 amide bonds. The van der Waals surface area contributed by atoms with Crippen LogP contribution in [0.4, 0.5) is 14.6 Å². The van der Waals surface area contributed by atoms with E-state index in [1.54, 1.807) is 22.9 Å². The van der Waals surface area contributed by atoms with Gasteiger partial charge in [-0.15, -0.1) is 0 Å². The van der Waals surface area contributed by atoms with Gasteiger partial charge in [0.15, 0.2) is 17.4 Å². The second-order valence-corrected chi connectivity index (χ2v) is 7.60. The molecule has 5 rings (SSSR count). The van der Waals surface area contributed by atoms with Crippen LogP contribution in [0.1, 0.15) is 25.8 Å². The number of alkyl halides is 1. The molecule has 9 heteroatoms. The number of hydrogen-bond donors (Lipinski definition) is 2. The second-order valence-electron chi connectivity index (χ2n) is 7.60. The number of halogens is 2.